The molecular formula is C15H22N3O3S+. The van der Waals surface area contributed by atoms with Crippen LogP contribution in [0.5, 0.6) is 0 Å². The standard InChI is InChI=1S/C15H21N3O3S/c1-15(2,18-7-9-21-10-8-18)12-17-22(19,20)14-6-4-3-5-13(14)11-16/h3-6,17H,7-10,12H2,1-2H3/p+1. The quantitative estimate of drug-likeness (QED) is 0.767. The molecule has 1 aromatic rings. The molecule has 0 aromatic heterocycles. The summed E-state index contributed by atoms with van der Waals surface area (Å²) >= 11 is 0. The third-order valence-electron chi connectivity index (χ3n) is 4.05. The summed E-state index contributed by atoms with van der Waals surface area (Å²) in [5, 5.41) is 9.05. The van der Waals surface area contributed by atoms with E-state index in [-0.39, 0.29) is 16.0 Å². The van der Waals surface area contributed by atoms with E-state index in [1.165, 1.54) is 17.0 Å². The molecule has 0 saturated carbocycles. The van der Waals surface area contributed by atoms with Crippen LogP contribution < -0.4 is 9.62 Å². The molecule has 1 aliphatic rings. The van der Waals surface area contributed by atoms with Crippen LogP contribution in [0.1, 0.15) is 19.4 Å². The second-order valence-electron chi connectivity index (χ2n) is 6.03. The van der Waals surface area contributed by atoms with Crippen molar-refractivity contribution in [3.8, 4) is 6.07 Å². The Morgan fingerprint density at radius 1 is 1.32 bits per heavy atom. The van der Waals surface area contributed by atoms with Crippen LogP contribution in [0.4, 0.5) is 0 Å². The van der Waals surface area contributed by atoms with Gasteiger partial charge in [-0.1, -0.05) is 12.1 Å². The molecule has 1 heterocycles. The Labute approximate surface area is 131 Å². The molecule has 1 aliphatic heterocycles. The van der Waals surface area contributed by atoms with Gasteiger partial charge < -0.3 is 9.64 Å². The molecule has 0 amide bonds. The van der Waals surface area contributed by atoms with Crippen molar-refractivity contribution in [2.75, 3.05) is 32.8 Å². The fourth-order valence-electron chi connectivity index (χ4n) is 2.57. The molecule has 2 N–H and O–H groups in total. The lowest BCUT2D eigenvalue weighted by molar-refractivity contribution is -0.954. The van der Waals surface area contributed by atoms with Crippen molar-refractivity contribution in [2.24, 2.45) is 0 Å². The number of nitrogens with zero attached hydrogens (tertiary/aromatic N) is 1. The number of hydrogen-bond acceptors (Lipinski definition) is 4. The highest BCUT2D eigenvalue weighted by Gasteiger charge is 2.34. The average molecular weight is 324 g/mol. The summed E-state index contributed by atoms with van der Waals surface area (Å²) in [4.78, 5) is 1.35. The fraction of sp³-hybridized carbons (Fsp3) is 0.533. The zero-order valence-corrected chi connectivity index (χ0v) is 13.7. The van der Waals surface area contributed by atoms with Gasteiger partial charge in [-0.25, -0.2) is 13.1 Å². The van der Waals surface area contributed by atoms with Crippen LogP contribution in [0.15, 0.2) is 29.2 Å². The highest BCUT2D eigenvalue weighted by Crippen LogP contribution is 2.14. The molecule has 1 fully saturated rings. The highest BCUT2D eigenvalue weighted by molar-refractivity contribution is 7.89. The first kappa shape index (κ1) is 16.9. The van der Waals surface area contributed by atoms with Gasteiger partial charge in [0.15, 0.2) is 0 Å². The van der Waals surface area contributed by atoms with E-state index in [2.05, 4.69) is 4.72 Å². The maximum atomic E-state index is 12.4. The summed E-state index contributed by atoms with van der Waals surface area (Å²) in [7, 11) is -3.69. The molecule has 0 aliphatic carbocycles. The number of ether oxygens (including phenoxy) is 1. The maximum Gasteiger partial charge on any atom is 0.242 e. The minimum atomic E-state index is -3.69. The normalized spacial score (nSPS) is 17.1. The third-order valence-corrected chi connectivity index (χ3v) is 5.51. The SMILES string of the molecule is CC(C)(CNS(=O)(=O)c1ccccc1C#N)[NH+]1CCOCC1. The fourth-order valence-corrected chi connectivity index (χ4v) is 3.93. The van der Waals surface area contributed by atoms with Gasteiger partial charge in [0.1, 0.15) is 24.7 Å². The van der Waals surface area contributed by atoms with E-state index < -0.39 is 10.0 Å². The molecule has 0 radical (unpaired) electrons. The zero-order chi connectivity index (χ0) is 16.2. The van der Waals surface area contributed by atoms with Crippen LogP contribution in [-0.4, -0.2) is 46.8 Å². The van der Waals surface area contributed by atoms with E-state index in [0.717, 1.165) is 13.1 Å². The van der Waals surface area contributed by atoms with Crippen molar-refractivity contribution >= 4 is 10.0 Å². The number of nitriles is 1. The van der Waals surface area contributed by atoms with E-state index in [1.807, 2.05) is 19.9 Å². The molecular weight excluding hydrogens is 302 g/mol. The van der Waals surface area contributed by atoms with Gasteiger partial charge in [0.05, 0.1) is 30.2 Å². The first-order chi connectivity index (χ1) is 10.4. The Bertz CT molecular complexity index is 659. The molecule has 1 saturated heterocycles. The Morgan fingerprint density at radius 2 is 1.95 bits per heavy atom. The van der Waals surface area contributed by atoms with E-state index in [9.17, 15) is 8.42 Å². The monoisotopic (exact) mass is 324 g/mol. The van der Waals surface area contributed by atoms with Crippen LogP contribution in [0, 0.1) is 11.3 Å². The Hall–Kier alpha value is -1.46. The van der Waals surface area contributed by atoms with Crippen molar-refractivity contribution in [3.05, 3.63) is 29.8 Å². The summed E-state index contributed by atoms with van der Waals surface area (Å²) in [5.74, 6) is 0. The molecule has 0 bridgehead atoms. The lowest BCUT2D eigenvalue weighted by Gasteiger charge is -2.37. The number of sulfonamides is 1. The van der Waals surface area contributed by atoms with Gasteiger partial charge in [0.25, 0.3) is 0 Å². The average Bonchev–Trinajstić information content (AvgIpc) is 2.54. The third kappa shape index (κ3) is 3.84. The van der Waals surface area contributed by atoms with Gasteiger partial charge in [-0.3, -0.25) is 0 Å². The van der Waals surface area contributed by atoms with E-state index >= 15 is 0 Å². The van der Waals surface area contributed by atoms with Gasteiger partial charge in [-0.15, -0.1) is 0 Å². The minimum Gasteiger partial charge on any atom is -0.370 e. The van der Waals surface area contributed by atoms with E-state index in [1.54, 1.807) is 12.1 Å². The molecule has 6 nitrogen and oxygen atoms in total. The maximum absolute atomic E-state index is 12.4. The predicted octanol–water partition coefficient (Wildman–Crippen LogP) is -0.470. The van der Waals surface area contributed by atoms with Gasteiger partial charge in [0.2, 0.25) is 10.0 Å². The van der Waals surface area contributed by atoms with Gasteiger partial charge in [-0.2, -0.15) is 5.26 Å². The lowest BCUT2D eigenvalue weighted by Crippen LogP contribution is -3.22. The topological polar surface area (TPSA) is 83.6 Å². The van der Waals surface area contributed by atoms with Crippen LogP contribution in [-0.2, 0) is 14.8 Å². The van der Waals surface area contributed by atoms with Crippen LogP contribution in [0.2, 0.25) is 0 Å². The van der Waals surface area contributed by atoms with Crippen molar-refractivity contribution in [3.63, 3.8) is 0 Å². The molecule has 7 heteroatoms. The van der Waals surface area contributed by atoms with Crippen LogP contribution in [0.25, 0.3) is 0 Å². The Morgan fingerprint density at radius 3 is 2.59 bits per heavy atom. The smallest absolute Gasteiger partial charge is 0.242 e. The largest absolute Gasteiger partial charge is 0.370 e. The predicted molar refractivity (Wildman–Crippen MR) is 81.9 cm³/mol. The number of morpholine rings is 1. The number of rotatable bonds is 5. The van der Waals surface area contributed by atoms with Crippen LogP contribution in [0.3, 0.4) is 0 Å². The summed E-state index contributed by atoms with van der Waals surface area (Å²) in [6.07, 6.45) is 0. The second-order valence-corrected chi connectivity index (χ2v) is 7.77. The van der Waals surface area contributed by atoms with Gasteiger partial charge in [0, 0.05) is 0 Å². The van der Waals surface area contributed by atoms with Crippen molar-refractivity contribution in [1.82, 2.24) is 4.72 Å². The molecule has 1 aromatic carbocycles. The van der Waals surface area contributed by atoms with Gasteiger partial charge >= 0.3 is 0 Å². The molecule has 0 spiro atoms. The first-order valence-corrected chi connectivity index (χ1v) is 8.77. The molecule has 0 atom stereocenters. The summed E-state index contributed by atoms with van der Waals surface area (Å²) in [6, 6.07) is 8.15. The Balaban J connectivity index is 2.11. The number of nitrogens with one attached hydrogen (secondary N) is 2. The van der Waals surface area contributed by atoms with Gasteiger partial charge in [-0.05, 0) is 26.0 Å². The van der Waals surface area contributed by atoms with Crippen LogP contribution >= 0.6 is 0 Å². The first-order valence-electron chi connectivity index (χ1n) is 7.28. The summed E-state index contributed by atoms with van der Waals surface area (Å²) in [6.45, 7) is 7.50. The molecule has 22 heavy (non-hydrogen) atoms. The Kier molecular flexibility index (Phi) is 5.19. The second kappa shape index (κ2) is 6.75. The van der Waals surface area contributed by atoms with Crippen molar-refractivity contribution < 1.29 is 18.1 Å². The van der Waals surface area contributed by atoms with E-state index in [0.29, 0.717) is 19.8 Å². The lowest BCUT2D eigenvalue weighted by atomic mass is 10.0. The summed E-state index contributed by atoms with van der Waals surface area (Å²) < 4.78 is 32.9. The minimum absolute atomic E-state index is 0.0327. The number of quaternary nitrogens is 1. The zero-order valence-electron chi connectivity index (χ0n) is 12.9. The van der Waals surface area contributed by atoms with E-state index in [4.69, 9.17) is 10.00 Å². The highest BCUT2D eigenvalue weighted by atomic mass is 32.2. The van der Waals surface area contributed by atoms with Crippen molar-refractivity contribution in [1.29, 1.82) is 5.26 Å². The van der Waals surface area contributed by atoms with Crippen molar-refractivity contribution in [2.45, 2.75) is 24.3 Å². The molecule has 120 valence electrons. The number of hydrogen-bond donors (Lipinski definition) is 2. The number of benzene rings is 1. The summed E-state index contributed by atoms with van der Waals surface area (Å²) in [5.41, 5.74) is -0.0788. The molecule has 2 rings (SSSR count). The molecule has 0 unspecified atom stereocenters.